The Morgan fingerprint density at radius 2 is 1.70 bits per heavy atom. The number of hydrogen-bond acceptors (Lipinski definition) is 5. The van der Waals surface area contributed by atoms with E-state index in [1.165, 1.54) is 25.5 Å². The third-order valence-electron chi connectivity index (χ3n) is 4.62. The highest BCUT2D eigenvalue weighted by atomic mass is 19.4. The lowest BCUT2D eigenvalue weighted by molar-refractivity contribution is -0.142. The Morgan fingerprint density at radius 3 is 2.20 bits per heavy atom. The summed E-state index contributed by atoms with van der Waals surface area (Å²) in [4.78, 5) is 39.8. The molecule has 1 N–H and O–H groups in total. The Hall–Kier alpha value is -3.04. The van der Waals surface area contributed by atoms with Crippen molar-refractivity contribution in [3.05, 3.63) is 45.5 Å². The van der Waals surface area contributed by atoms with E-state index < -0.39 is 29.6 Å². The summed E-state index contributed by atoms with van der Waals surface area (Å²) in [5.74, 6) is -2.08. The number of halogens is 3. The summed E-state index contributed by atoms with van der Waals surface area (Å²) in [7, 11) is 1.46. The topological polar surface area (TPSA) is 90.4 Å². The first-order valence-electron chi connectivity index (χ1n) is 9.26. The minimum Gasteiger partial charge on any atom is -0.466 e. The molecule has 0 aliphatic rings. The maximum atomic E-state index is 13.1. The van der Waals surface area contributed by atoms with E-state index in [1.54, 1.807) is 13.8 Å². The second-order valence-electron chi connectivity index (χ2n) is 6.62. The first-order valence-corrected chi connectivity index (χ1v) is 9.26. The molecule has 0 spiro atoms. The molecule has 0 aliphatic heterocycles. The van der Waals surface area contributed by atoms with E-state index in [2.05, 4.69) is 4.98 Å². The number of ether oxygens (including phenoxy) is 2. The van der Waals surface area contributed by atoms with Gasteiger partial charge in [0.15, 0.2) is 0 Å². The zero-order valence-electron chi connectivity index (χ0n) is 17.3. The number of aromatic nitrogens is 2. The van der Waals surface area contributed by atoms with Crippen molar-refractivity contribution in [1.29, 1.82) is 0 Å². The molecular formula is C20H23F3N2O5. The zero-order valence-corrected chi connectivity index (χ0v) is 17.3. The lowest BCUT2D eigenvalue weighted by Gasteiger charge is -2.09. The van der Waals surface area contributed by atoms with Gasteiger partial charge in [-0.25, -0.2) is 4.79 Å². The number of ketones is 1. The molecule has 0 unspecified atom stereocenters. The SMILES string of the molecule is CCOC(=O)Cc1c(C(=O)OCC)c(C)c(C(=O)c2[nH]c(C(F)(F)F)cc2C)n1C. The van der Waals surface area contributed by atoms with Crippen molar-refractivity contribution in [2.75, 3.05) is 13.2 Å². The number of carbonyl (C=O) groups excluding carboxylic acids is 3. The number of rotatable bonds is 7. The average molecular weight is 428 g/mol. The lowest BCUT2D eigenvalue weighted by atomic mass is 10.0. The molecule has 0 saturated carbocycles. The number of carbonyl (C=O) groups is 3. The fourth-order valence-electron chi connectivity index (χ4n) is 3.31. The molecule has 0 aromatic carbocycles. The number of H-pyrrole nitrogens is 1. The van der Waals surface area contributed by atoms with Gasteiger partial charge in [0.1, 0.15) is 5.69 Å². The van der Waals surface area contributed by atoms with Crippen molar-refractivity contribution < 1.29 is 37.0 Å². The molecule has 0 radical (unpaired) electrons. The van der Waals surface area contributed by atoms with Gasteiger partial charge in [0, 0.05) is 12.7 Å². The number of alkyl halides is 3. The van der Waals surface area contributed by atoms with Crippen LogP contribution in [0.15, 0.2) is 6.07 Å². The Kier molecular flexibility index (Phi) is 6.79. The Morgan fingerprint density at radius 1 is 1.10 bits per heavy atom. The van der Waals surface area contributed by atoms with Gasteiger partial charge in [-0.1, -0.05) is 0 Å². The summed E-state index contributed by atoms with van der Waals surface area (Å²) in [5.41, 5.74) is -0.780. The van der Waals surface area contributed by atoms with Crippen molar-refractivity contribution in [2.45, 2.75) is 40.3 Å². The number of nitrogens with zero attached hydrogens (tertiary/aromatic N) is 1. The van der Waals surface area contributed by atoms with Crippen LogP contribution in [-0.4, -0.2) is 40.5 Å². The van der Waals surface area contributed by atoms with Crippen LogP contribution in [0.2, 0.25) is 0 Å². The number of aromatic amines is 1. The van der Waals surface area contributed by atoms with Gasteiger partial charge < -0.3 is 19.0 Å². The van der Waals surface area contributed by atoms with Crippen LogP contribution in [0.4, 0.5) is 13.2 Å². The van der Waals surface area contributed by atoms with Crippen LogP contribution in [0.25, 0.3) is 0 Å². The fraction of sp³-hybridized carbons (Fsp3) is 0.450. The predicted molar refractivity (Wildman–Crippen MR) is 100 cm³/mol. The molecule has 30 heavy (non-hydrogen) atoms. The van der Waals surface area contributed by atoms with Crippen LogP contribution >= 0.6 is 0 Å². The molecule has 0 atom stereocenters. The molecule has 0 aliphatic carbocycles. The summed E-state index contributed by atoms with van der Waals surface area (Å²) >= 11 is 0. The summed E-state index contributed by atoms with van der Waals surface area (Å²) in [6, 6.07) is 0.845. The summed E-state index contributed by atoms with van der Waals surface area (Å²) in [5, 5.41) is 0. The van der Waals surface area contributed by atoms with Gasteiger partial charge in [-0.2, -0.15) is 13.2 Å². The third kappa shape index (κ3) is 4.42. The van der Waals surface area contributed by atoms with E-state index in [-0.39, 0.29) is 53.4 Å². The number of hydrogen-bond donors (Lipinski definition) is 1. The van der Waals surface area contributed by atoms with E-state index in [9.17, 15) is 27.6 Å². The van der Waals surface area contributed by atoms with Gasteiger partial charge in [0.25, 0.3) is 0 Å². The van der Waals surface area contributed by atoms with E-state index in [0.29, 0.717) is 0 Å². The summed E-state index contributed by atoms with van der Waals surface area (Å²) in [6.07, 6.45) is -4.94. The van der Waals surface area contributed by atoms with Gasteiger partial charge in [0.05, 0.1) is 36.6 Å². The molecule has 0 saturated heterocycles. The van der Waals surface area contributed by atoms with Crippen LogP contribution in [-0.2, 0) is 33.9 Å². The highest BCUT2D eigenvalue weighted by molar-refractivity contribution is 6.11. The highest BCUT2D eigenvalue weighted by Gasteiger charge is 2.35. The highest BCUT2D eigenvalue weighted by Crippen LogP contribution is 2.32. The number of esters is 2. The average Bonchev–Trinajstić information content (AvgIpc) is 3.13. The quantitative estimate of drug-likeness (QED) is 0.539. The third-order valence-corrected chi connectivity index (χ3v) is 4.62. The van der Waals surface area contributed by atoms with Crippen LogP contribution in [0.1, 0.15) is 62.9 Å². The van der Waals surface area contributed by atoms with Crippen molar-refractivity contribution in [2.24, 2.45) is 7.05 Å². The van der Waals surface area contributed by atoms with Gasteiger partial charge in [0.2, 0.25) is 5.78 Å². The van der Waals surface area contributed by atoms with Crippen molar-refractivity contribution in [3.8, 4) is 0 Å². The molecule has 2 aromatic heterocycles. The second kappa shape index (κ2) is 8.76. The maximum Gasteiger partial charge on any atom is 0.431 e. The Labute approximate surface area is 171 Å². The van der Waals surface area contributed by atoms with Gasteiger partial charge in [-0.05, 0) is 44.9 Å². The predicted octanol–water partition coefficient (Wildman–Crippen LogP) is 3.50. The minimum atomic E-state index is -4.64. The second-order valence-corrected chi connectivity index (χ2v) is 6.62. The number of nitrogens with one attached hydrogen (secondary N) is 1. The van der Waals surface area contributed by atoms with Crippen molar-refractivity contribution in [3.63, 3.8) is 0 Å². The maximum absolute atomic E-state index is 13.1. The molecule has 164 valence electrons. The molecule has 0 amide bonds. The fourth-order valence-corrected chi connectivity index (χ4v) is 3.31. The summed E-state index contributed by atoms with van der Waals surface area (Å²) in [6.45, 7) is 6.29. The van der Waals surface area contributed by atoms with E-state index in [1.807, 2.05) is 0 Å². The molecule has 2 rings (SSSR count). The van der Waals surface area contributed by atoms with Crippen molar-refractivity contribution >= 4 is 17.7 Å². The van der Waals surface area contributed by atoms with E-state index in [4.69, 9.17) is 9.47 Å². The van der Waals surface area contributed by atoms with Gasteiger partial charge in [-0.3, -0.25) is 9.59 Å². The normalized spacial score (nSPS) is 11.5. The first-order chi connectivity index (χ1) is 13.9. The summed E-state index contributed by atoms with van der Waals surface area (Å²) < 4.78 is 50.4. The monoisotopic (exact) mass is 428 g/mol. The minimum absolute atomic E-state index is 0.0176. The van der Waals surface area contributed by atoms with Gasteiger partial charge in [-0.15, -0.1) is 0 Å². The Balaban J connectivity index is 2.63. The number of aryl methyl sites for hydroxylation is 1. The molecule has 7 nitrogen and oxygen atoms in total. The lowest BCUT2D eigenvalue weighted by Crippen LogP contribution is -2.16. The molecule has 2 aromatic rings. The molecule has 2 heterocycles. The molecule has 0 bridgehead atoms. The molecule has 10 heteroatoms. The zero-order chi connectivity index (χ0) is 22.8. The first kappa shape index (κ1) is 23.2. The van der Waals surface area contributed by atoms with E-state index >= 15 is 0 Å². The van der Waals surface area contributed by atoms with Crippen LogP contribution < -0.4 is 0 Å². The van der Waals surface area contributed by atoms with Crippen LogP contribution in [0.3, 0.4) is 0 Å². The largest absolute Gasteiger partial charge is 0.466 e. The molecule has 0 fully saturated rings. The van der Waals surface area contributed by atoms with Crippen LogP contribution in [0, 0.1) is 13.8 Å². The van der Waals surface area contributed by atoms with Crippen molar-refractivity contribution in [1.82, 2.24) is 9.55 Å². The van der Waals surface area contributed by atoms with E-state index in [0.717, 1.165) is 6.07 Å². The van der Waals surface area contributed by atoms with Gasteiger partial charge >= 0.3 is 18.1 Å². The Bertz CT molecular complexity index is 986. The molecular weight excluding hydrogens is 405 g/mol. The standard InChI is InChI=1S/C20H23F3N2O5/c1-6-29-14(26)9-12-15(19(28)30-7-2)11(4)17(25(12)5)18(27)16-10(3)8-13(24-16)20(21,22)23/h8,24H,6-7,9H2,1-5H3. The van der Waals surface area contributed by atoms with Crippen LogP contribution in [0.5, 0.6) is 0 Å². The smallest absolute Gasteiger partial charge is 0.431 e.